The summed E-state index contributed by atoms with van der Waals surface area (Å²) in [4.78, 5) is 30.8. The molecule has 150 valence electrons. The molecular formula is C23H29NO4. The van der Waals surface area contributed by atoms with Gasteiger partial charge in [-0.15, -0.1) is 0 Å². The van der Waals surface area contributed by atoms with Crippen LogP contribution in [0, 0.1) is 18.3 Å². The van der Waals surface area contributed by atoms with E-state index >= 15 is 0 Å². The average Bonchev–Trinajstić information content (AvgIpc) is 2.60. The number of hydrogen-bond donors (Lipinski definition) is 0. The number of carbonyl (C=O) groups is 2. The van der Waals surface area contributed by atoms with Crippen LogP contribution in [0.1, 0.15) is 50.7 Å². The number of ether oxygens (including phenoxy) is 2. The third-order valence-corrected chi connectivity index (χ3v) is 5.54. The number of Topliss-reactive ketones (excluding diaryl/α,β-unsaturated/α-hetero) is 1. The van der Waals surface area contributed by atoms with Crippen molar-refractivity contribution < 1.29 is 19.1 Å². The van der Waals surface area contributed by atoms with Crippen LogP contribution in [0.15, 0.2) is 40.5 Å². The molecule has 1 unspecified atom stereocenters. The highest BCUT2D eigenvalue weighted by Gasteiger charge is 2.47. The third-order valence-electron chi connectivity index (χ3n) is 5.54. The molecule has 1 aromatic rings. The van der Waals surface area contributed by atoms with E-state index in [9.17, 15) is 9.59 Å². The SMILES string of the molecule is COCCOC(=O)C1=C(C)N=C2CC(C)(C)CC(=O)C2[C@@H]1c1ccc(C)cc1. The molecule has 3 rings (SSSR count). The quantitative estimate of drug-likeness (QED) is 0.569. The van der Waals surface area contributed by atoms with E-state index in [0.717, 1.165) is 23.3 Å². The van der Waals surface area contributed by atoms with Crippen LogP contribution < -0.4 is 0 Å². The highest BCUT2D eigenvalue weighted by atomic mass is 16.6. The van der Waals surface area contributed by atoms with Gasteiger partial charge in [0.1, 0.15) is 12.4 Å². The number of carbonyl (C=O) groups excluding carboxylic acids is 2. The zero-order chi connectivity index (χ0) is 20.5. The van der Waals surface area contributed by atoms with Crippen molar-refractivity contribution in [2.75, 3.05) is 20.3 Å². The van der Waals surface area contributed by atoms with Gasteiger partial charge in [-0.2, -0.15) is 0 Å². The van der Waals surface area contributed by atoms with Crippen molar-refractivity contribution in [3.05, 3.63) is 46.7 Å². The van der Waals surface area contributed by atoms with Gasteiger partial charge in [0.25, 0.3) is 0 Å². The molecule has 1 fully saturated rings. The number of aliphatic imine (C=N–C) groups is 1. The Morgan fingerprint density at radius 2 is 1.79 bits per heavy atom. The van der Waals surface area contributed by atoms with Gasteiger partial charge >= 0.3 is 5.97 Å². The molecule has 28 heavy (non-hydrogen) atoms. The molecule has 0 radical (unpaired) electrons. The molecule has 2 atom stereocenters. The number of allylic oxidation sites excluding steroid dienone is 1. The standard InChI is InChI=1S/C23H29NO4/c1-14-6-8-16(9-7-14)20-19(22(26)28-11-10-27-5)15(2)24-17-12-23(3,4)13-18(25)21(17)20/h6-9,20-21H,10-13H2,1-5H3/t20-,21?/m1/s1. The summed E-state index contributed by atoms with van der Waals surface area (Å²) in [6, 6.07) is 8.04. The van der Waals surface area contributed by atoms with Gasteiger partial charge in [-0.25, -0.2) is 4.79 Å². The summed E-state index contributed by atoms with van der Waals surface area (Å²) in [5.74, 6) is -1.02. The molecule has 1 heterocycles. The fourth-order valence-corrected chi connectivity index (χ4v) is 4.29. The summed E-state index contributed by atoms with van der Waals surface area (Å²) < 4.78 is 10.4. The van der Waals surface area contributed by atoms with Crippen LogP contribution in [-0.2, 0) is 19.1 Å². The monoisotopic (exact) mass is 383 g/mol. The molecule has 0 aromatic heterocycles. The Kier molecular flexibility index (Phi) is 5.84. The van der Waals surface area contributed by atoms with Crippen LogP contribution in [0.2, 0.25) is 0 Å². The number of nitrogens with zero attached hydrogens (tertiary/aromatic N) is 1. The first-order valence-electron chi connectivity index (χ1n) is 9.77. The van der Waals surface area contributed by atoms with Gasteiger partial charge in [0.2, 0.25) is 0 Å². The second-order valence-corrected chi connectivity index (χ2v) is 8.58. The van der Waals surface area contributed by atoms with E-state index in [1.165, 1.54) is 0 Å². The van der Waals surface area contributed by atoms with Gasteiger partial charge in [0, 0.05) is 30.9 Å². The summed E-state index contributed by atoms with van der Waals surface area (Å²) in [5, 5.41) is 0. The predicted molar refractivity (Wildman–Crippen MR) is 108 cm³/mol. The maximum atomic E-state index is 13.2. The van der Waals surface area contributed by atoms with Gasteiger partial charge in [0.15, 0.2) is 0 Å². The molecule has 0 bridgehead atoms. The van der Waals surface area contributed by atoms with Gasteiger partial charge in [0.05, 0.1) is 18.1 Å². The number of hydrogen-bond acceptors (Lipinski definition) is 5. The lowest BCUT2D eigenvalue weighted by molar-refractivity contribution is -0.140. The maximum absolute atomic E-state index is 13.2. The first kappa shape index (κ1) is 20.5. The van der Waals surface area contributed by atoms with Crippen molar-refractivity contribution in [3.8, 4) is 0 Å². The smallest absolute Gasteiger partial charge is 0.336 e. The Hall–Kier alpha value is -2.27. The number of rotatable bonds is 5. The summed E-state index contributed by atoms with van der Waals surface area (Å²) in [6.45, 7) is 8.56. The van der Waals surface area contributed by atoms with Crippen molar-refractivity contribution in [2.45, 2.75) is 46.5 Å². The van der Waals surface area contributed by atoms with Crippen LogP contribution in [0.5, 0.6) is 0 Å². The topological polar surface area (TPSA) is 65.0 Å². The highest BCUT2D eigenvalue weighted by Crippen LogP contribution is 2.46. The number of aryl methyl sites for hydroxylation is 1. The van der Waals surface area contributed by atoms with Gasteiger partial charge in [-0.05, 0) is 31.2 Å². The molecule has 1 aromatic carbocycles. The Labute approximate surface area is 166 Å². The number of methoxy groups -OCH3 is 1. The van der Waals surface area contributed by atoms with E-state index in [1.54, 1.807) is 7.11 Å². The average molecular weight is 383 g/mol. The number of esters is 1. The molecule has 1 saturated carbocycles. The lowest BCUT2D eigenvalue weighted by atomic mass is 9.63. The first-order chi connectivity index (χ1) is 13.2. The van der Waals surface area contributed by atoms with Crippen molar-refractivity contribution in [3.63, 3.8) is 0 Å². The highest BCUT2D eigenvalue weighted by molar-refractivity contribution is 6.12. The minimum Gasteiger partial charge on any atom is -0.460 e. The summed E-state index contributed by atoms with van der Waals surface area (Å²) in [5.41, 5.74) is 3.99. The zero-order valence-electron chi connectivity index (χ0n) is 17.4. The summed E-state index contributed by atoms with van der Waals surface area (Å²) in [7, 11) is 1.56. The molecular weight excluding hydrogens is 354 g/mol. The van der Waals surface area contributed by atoms with Gasteiger partial charge in [-0.1, -0.05) is 43.7 Å². The van der Waals surface area contributed by atoms with E-state index in [4.69, 9.17) is 14.5 Å². The van der Waals surface area contributed by atoms with E-state index in [0.29, 0.717) is 24.3 Å². The number of fused-ring (bicyclic) bond motifs is 1. The second kappa shape index (κ2) is 8.00. The predicted octanol–water partition coefficient (Wildman–Crippen LogP) is 4.00. The molecule has 5 heteroatoms. The Morgan fingerprint density at radius 3 is 2.43 bits per heavy atom. The van der Waals surface area contributed by atoms with E-state index < -0.39 is 11.9 Å². The summed E-state index contributed by atoms with van der Waals surface area (Å²) >= 11 is 0. The van der Waals surface area contributed by atoms with Crippen molar-refractivity contribution in [2.24, 2.45) is 16.3 Å². The summed E-state index contributed by atoms with van der Waals surface area (Å²) in [6.07, 6.45) is 1.25. The van der Waals surface area contributed by atoms with Crippen LogP contribution in [-0.4, -0.2) is 37.8 Å². The normalized spacial score (nSPS) is 23.9. The molecule has 2 aliphatic rings. The minimum atomic E-state index is -0.416. The third kappa shape index (κ3) is 4.09. The van der Waals surface area contributed by atoms with Crippen LogP contribution in [0.25, 0.3) is 0 Å². The Balaban J connectivity index is 2.07. The molecule has 0 amide bonds. The second-order valence-electron chi connectivity index (χ2n) is 8.58. The molecule has 0 spiro atoms. The van der Waals surface area contributed by atoms with E-state index in [-0.39, 0.29) is 23.7 Å². The molecule has 0 saturated heterocycles. The molecule has 0 N–H and O–H groups in total. The fraction of sp³-hybridized carbons (Fsp3) is 0.522. The minimum absolute atomic E-state index is 0.110. The van der Waals surface area contributed by atoms with E-state index in [2.05, 4.69) is 13.8 Å². The largest absolute Gasteiger partial charge is 0.460 e. The van der Waals surface area contributed by atoms with Crippen LogP contribution >= 0.6 is 0 Å². The van der Waals surface area contributed by atoms with Gasteiger partial charge in [-0.3, -0.25) is 9.79 Å². The maximum Gasteiger partial charge on any atom is 0.336 e. The number of benzene rings is 1. The van der Waals surface area contributed by atoms with Crippen molar-refractivity contribution in [1.82, 2.24) is 0 Å². The molecule has 1 aliphatic heterocycles. The zero-order valence-corrected chi connectivity index (χ0v) is 17.4. The Morgan fingerprint density at radius 1 is 1.11 bits per heavy atom. The van der Waals surface area contributed by atoms with Gasteiger partial charge < -0.3 is 9.47 Å². The lowest BCUT2D eigenvalue weighted by Gasteiger charge is -2.41. The molecule has 1 aliphatic carbocycles. The van der Waals surface area contributed by atoms with Crippen LogP contribution in [0.4, 0.5) is 0 Å². The first-order valence-corrected chi connectivity index (χ1v) is 9.77. The fourth-order valence-electron chi connectivity index (χ4n) is 4.29. The van der Waals surface area contributed by atoms with Crippen LogP contribution in [0.3, 0.4) is 0 Å². The van der Waals surface area contributed by atoms with Crippen molar-refractivity contribution in [1.29, 1.82) is 0 Å². The van der Waals surface area contributed by atoms with E-state index in [1.807, 2.05) is 38.1 Å². The van der Waals surface area contributed by atoms with Crippen molar-refractivity contribution >= 4 is 17.5 Å². The Bertz CT molecular complexity index is 833. The number of ketones is 1. The molecule has 5 nitrogen and oxygen atoms in total. The lowest BCUT2D eigenvalue weighted by Crippen LogP contribution is -2.44.